The Hall–Kier alpha value is -0.570. The Morgan fingerprint density at radius 3 is 2.57 bits per heavy atom. The quantitative estimate of drug-likeness (QED) is 0.682. The van der Waals surface area contributed by atoms with Gasteiger partial charge in [-0.15, -0.1) is 0 Å². The summed E-state index contributed by atoms with van der Waals surface area (Å²) in [4.78, 5) is 13.9. The molecule has 0 aromatic heterocycles. The molecule has 0 unspecified atom stereocenters. The minimum Gasteiger partial charge on any atom is -0.349 e. The van der Waals surface area contributed by atoms with Crippen molar-refractivity contribution in [1.29, 1.82) is 0 Å². The zero-order valence-electron chi connectivity index (χ0n) is 9.18. The van der Waals surface area contributed by atoms with Gasteiger partial charge in [0.15, 0.2) is 0 Å². The summed E-state index contributed by atoms with van der Waals surface area (Å²) in [5.41, 5.74) is -0.0437. The second kappa shape index (κ2) is 3.54. The molecule has 3 heteroatoms. The van der Waals surface area contributed by atoms with Crippen LogP contribution in [0.2, 0.25) is 0 Å². The number of piperazine rings is 1. The molecule has 0 atom stereocenters. The molecule has 14 heavy (non-hydrogen) atoms. The lowest BCUT2D eigenvalue weighted by atomic mass is 10.00. The van der Waals surface area contributed by atoms with Crippen molar-refractivity contribution in [3.05, 3.63) is 0 Å². The molecule has 0 bridgehead atoms. The van der Waals surface area contributed by atoms with E-state index in [2.05, 4.69) is 24.1 Å². The predicted octanol–water partition coefficient (Wildman–Crippen LogP) is 1.14. The van der Waals surface area contributed by atoms with Crippen LogP contribution in [0.3, 0.4) is 0 Å². The number of hydrogen-bond acceptors (Lipinski definition) is 2. The zero-order chi connectivity index (χ0) is 10.2. The lowest BCUT2D eigenvalue weighted by Gasteiger charge is -2.41. The van der Waals surface area contributed by atoms with Gasteiger partial charge in [0.1, 0.15) is 0 Å². The molecule has 80 valence electrons. The average Bonchev–Trinajstić information content (AvgIpc) is 2.51. The molecule has 1 heterocycles. The summed E-state index contributed by atoms with van der Waals surface area (Å²) in [7, 11) is 0. The van der Waals surface area contributed by atoms with Gasteiger partial charge in [0.05, 0.1) is 6.54 Å². The van der Waals surface area contributed by atoms with Gasteiger partial charge in [-0.2, -0.15) is 0 Å². The number of carbonyl (C=O) groups excluding carboxylic acids is 1. The number of nitrogens with one attached hydrogen (secondary N) is 1. The van der Waals surface area contributed by atoms with Gasteiger partial charge in [0.2, 0.25) is 5.91 Å². The minimum atomic E-state index is -0.0437. The summed E-state index contributed by atoms with van der Waals surface area (Å²) in [5.74, 6) is 0.188. The van der Waals surface area contributed by atoms with E-state index in [9.17, 15) is 4.79 Å². The van der Waals surface area contributed by atoms with Crippen LogP contribution in [0.4, 0.5) is 0 Å². The summed E-state index contributed by atoms with van der Waals surface area (Å²) >= 11 is 0. The number of amides is 1. The molecule has 1 saturated carbocycles. The van der Waals surface area contributed by atoms with Gasteiger partial charge in [0, 0.05) is 18.1 Å². The molecule has 1 amide bonds. The first kappa shape index (κ1) is 9.97. The minimum absolute atomic E-state index is 0.0437. The molecule has 2 fully saturated rings. The highest BCUT2D eigenvalue weighted by atomic mass is 16.2. The van der Waals surface area contributed by atoms with Crippen LogP contribution < -0.4 is 5.32 Å². The first-order valence-electron chi connectivity index (χ1n) is 5.62. The molecule has 0 spiro atoms. The van der Waals surface area contributed by atoms with E-state index in [1.807, 2.05) is 0 Å². The Morgan fingerprint density at radius 2 is 2.00 bits per heavy atom. The van der Waals surface area contributed by atoms with Crippen molar-refractivity contribution in [3.63, 3.8) is 0 Å². The van der Waals surface area contributed by atoms with Gasteiger partial charge in [-0.1, -0.05) is 12.8 Å². The van der Waals surface area contributed by atoms with Crippen LogP contribution in [-0.4, -0.2) is 35.5 Å². The summed E-state index contributed by atoms with van der Waals surface area (Å²) in [5, 5.41) is 3.03. The van der Waals surface area contributed by atoms with Crippen molar-refractivity contribution >= 4 is 5.91 Å². The predicted molar refractivity (Wildman–Crippen MR) is 56.1 cm³/mol. The number of hydrogen-bond donors (Lipinski definition) is 1. The number of nitrogens with zero attached hydrogens (tertiary/aromatic N) is 1. The Labute approximate surface area is 85.8 Å². The van der Waals surface area contributed by atoms with Gasteiger partial charge in [-0.25, -0.2) is 0 Å². The molecule has 0 aromatic rings. The third kappa shape index (κ3) is 2.08. The van der Waals surface area contributed by atoms with Crippen LogP contribution in [0.25, 0.3) is 0 Å². The van der Waals surface area contributed by atoms with Crippen molar-refractivity contribution in [2.45, 2.75) is 51.1 Å². The van der Waals surface area contributed by atoms with Crippen molar-refractivity contribution in [1.82, 2.24) is 10.2 Å². The van der Waals surface area contributed by atoms with Crippen LogP contribution in [0, 0.1) is 0 Å². The second-order valence-corrected chi connectivity index (χ2v) is 5.28. The van der Waals surface area contributed by atoms with Crippen LogP contribution in [-0.2, 0) is 4.79 Å². The maximum atomic E-state index is 11.5. The fourth-order valence-electron chi connectivity index (χ4n) is 2.73. The van der Waals surface area contributed by atoms with Gasteiger partial charge >= 0.3 is 0 Å². The molecule has 0 radical (unpaired) electrons. The van der Waals surface area contributed by atoms with Gasteiger partial charge < -0.3 is 5.32 Å². The molecule has 2 aliphatic rings. The van der Waals surface area contributed by atoms with E-state index in [-0.39, 0.29) is 11.4 Å². The molecule has 1 aliphatic carbocycles. The standard InChI is InChI=1S/C11H20N2O/c1-11(2)8-13(7-10(14)12-11)9-5-3-4-6-9/h9H,3-8H2,1-2H3,(H,12,14). The summed E-state index contributed by atoms with van der Waals surface area (Å²) < 4.78 is 0. The third-order valence-electron chi connectivity index (χ3n) is 3.26. The Kier molecular flexibility index (Phi) is 2.52. The van der Waals surface area contributed by atoms with E-state index in [1.165, 1.54) is 25.7 Å². The Bertz CT molecular complexity index is 231. The van der Waals surface area contributed by atoms with Crippen molar-refractivity contribution < 1.29 is 4.79 Å². The highest BCUT2D eigenvalue weighted by molar-refractivity contribution is 5.79. The number of rotatable bonds is 1. The summed E-state index contributed by atoms with van der Waals surface area (Å²) in [6, 6.07) is 0.667. The normalized spacial score (nSPS) is 29.1. The highest BCUT2D eigenvalue weighted by Gasteiger charge is 2.34. The first-order valence-corrected chi connectivity index (χ1v) is 5.62. The molecule has 1 aliphatic heterocycles. The molecule has 1 N–H and O–H groups in total. The smallest absolute Gasteiger partial charge is 0.234 e. The topological polar surface area (TPSA) is 32.3 Å². The molecule has 2 rings (SSSR count). The molecule has 3 nitrogen and oxygen atoms in total. The van der Waals surface area contributed by atoms with E-state index in [0.717, 1.165) is 6.54 Å². The molecular weight excluding hydrogens is 176 g/mol. The van der Waals surface area contributed by atoms with E-state index in [4.69, 9.17) is 0 Å². The summed E-state index contributed by atoms with van der Waals surface area (Å²) in [6.07, 6.45) is 5.24. The maximum Gasteiger partial charge on any atom is 0.234 e. The van der Waals surface area contributed by atoms with E-state index in [1.54, 1.807) is 0 Å². The third-order valence-corrected chi connectivity index (χ3v) is 3.26. The van der Waals surface area contributed by atoms with Crippen LogP contribution >= 0.6 is 0 Å². The number of carbonyl (C=O) groups is 1. The average molecular weight is 196 g/mol. The van der Waals surface area contributed by atoms with E-state index < -0.39 is 0 Å². The second-order valence-electron chi connectivity index (χ2n) is 5.28. The van der Waals surface area contributed by atoms with Crippen molar-refractivity contribution in [3.8, 4) is 0 Å². The SMILES string of the molecule is CC1(C)CN(C2CCCC2)CC(=O)N1. The van der Waals surface area contributed by atoms with E-state index >= 15 is 0 Å². The molecular formula is C11H20N2O. The first-order chi connectivity index (χ1) is 6.57. The zero-order valence-corrected chi connectivity index (χ0v) is 9.18. The van der Waals surface area contributed by atoms with Gasteiger partial charge in [-0.05, 0) is 26.7 Å². The Morgan fingerprint density at radius 1 is 1.36 bits per heavy atom. The Balaban J connectivity index is 2.01. The van der Waals surface area contributed by atoms with Gasteiger partial charge in [0.25, 0.3) is 0 Å². The largest absolute Gasteiger partial charge is 0.349 e. The van der Waals surface area contributed by atoms with Gasteiger partial charge in [-0.3, -0.25) is 9.69 Å². The van der Waals surface area contributed by atoms with Crippen molar-refractivity contribution in [2.75, 3.05) is 13.1 Å². The molecule has 0 aromatic carbocycles. The fraction of sp³-hybridized carbons (Fsp3) is 0.909. The molecule has 1 saturated heterocycles. The monoisotopic (exact) mass is 196 g/mol. The van der Waals surface area contributed by atoms with Crippen LogP contribution in [0.1, 0.15) is 39.5 Å². The van der Waals surface area contributed by atoms with Crippen LogP contribution in [0.5, 0.6) is 0 Å². The summed E-state index contributed by atoms with van der Waals surface area (Å²) in [6.45, 7) is 5.82. The van der Waals surface area contributed by atoms with Crippen LogP contribution in [0.15, 0.2) is 0 Å². The fourth-order valence-corrected chi connectivity index (χ4v) is 2.73. The lowest BCUT2D eigenvalue weighted by Crippen LogP contribution is -2.61. The lowest BCUT2D eigenvalue weighted by molar-refractivity contribution is -0.128. The maximum absolute atomic E-state index is 11.5. The van der Waals surface area contributed by atoms with E-state index in [0.29, 0.717) is 12.6 Å². The highest BCUT2D eigenvalue weighted by Crippen LogP contribution is 2.26. The van der Waals surface area contributed by atoms with Crippen molar-refractivity contribution in [2.24, 2.45) is 0 Å².